The average Bonchev–Trinajstić information content (AvgIpc) is 3.16. The maximum Gasteiger partial charge on any atom is 0.261 e. The van der Waals surface area contributed by atoms with E-state index in [1.807, 2.05) is 29.9 Å². The van der Waals surface area contributed by atoms with E-state index in [1.54, 1.807) is 17.7 Å². The van der Waals surface area contributed by atoms with E-state index in [0.29, 0.717) is 12.5 Å². The first-order valence-corrected chi connectivity index (χ1v) is 8.84. The Hall–Kier alpha value is -1.66. The first-order chi connectivity index (χ1) is 11.0. The maximum absolute atomic E-state index is 12.4. The van der Waals surface area contributed by atoms with Crippen molar-refractivity contribution in [1.82, 2.24) is 14.9 Å². The number of ether oxygens (including phenoxy) is 1. The molecular formula is C17H23N3O2S. The monoisotopic (exact) mass is 333 g/mol. The molecule has 0 aromatic carbocycles. The Morgan fingerprint density at radius 2 is 2.30 bits per heavy atom. The summed E-state index contributed by atoms with van der Waals surface area (Å²) in [5.41, 5.74) is 1.06. The smallest absolute Gasteiger partial charge is 0.261 e. The van der Waals surface area contributed by atoms with Crippen molar-refractivity contribution in [2.75, 3.05) is 6.61 Å². The van der Waals surface area contributed by atoms with E-state index >= 15 is 0 Å². The van der Waals surface area contributed by atoms with E-state index in [2.05, 4.69) is 24.1 Å². The van der Waals surface area contributed by atoms with E-state index in [-0.39, 0.29) is 18.1 Å². The van der Waals surface area contributed by atoms with Gasteiger partial charge < -0.3 is 14.6 Å². The number of hydrogen-bond acceptors (Lipinski definition) is 4. The summed E-state index contributed by atoms with van der Waals surface area (Å²) in [6.07, 6.45) is 5.25. The lowest BCUT2D eigenvalue weighted by molar-refractivity contribution is -0.00298. The average molecular weight is 333 g/mol. The third kappa shape index (κ3) is 3.64. The zero-order valence-electron chi connectivity index (χ0n) is 13.8. The van der Waals surface area contributed by atoms with Gasteiger partial charge in [-0.3, -0.25) is 4.79 Å². The van der Waals surface area contributed by atoms with Gasteiger partial charge in [0.15, 0.2) is 0 Å². The molecule has 23 heavy (non-hydrogen) atoms. The van der Waals surface area contributed by atoms with Crippen LogP contribution in [-0.2, 0) is 11.8 Å². The van der Waals surface area contributed by atoms with Crippen LogP contribution in [0.15, 0.2) is 24.7 Å². The Morgan fingerprint density at radius 3 is 2.96 bits per heavy atom. The van der Waals surface area contributed by atoms with Gasteiger partial charge in [-0.05, 0) is 30.9 Å². The Balaban J connectivity index is 1.63. The number of imidazole rings is 1. The number of thiophene rings is 1. The quantitative estimate of drug-likeness (QED) is 0.934. The number of amides is 1. The van der Waals surface area contributed by atoms with Gasteiger partial charge in [0, 0.05) is 24.6 Å². The molecule has 1 amide bonds. The number of rotatable bonds is 4. The molecular weight excluding hydrogens is 310 g/mol. The molecule has 1 N–H and O–H groups in total. The zero-order chi connectivity index (χ0) is 16.4. The van der Waals surface area contributed by atoms with Crippen molar-refractivity contribution < 1.29 is 9.53 Å². The van der Waals surface area contributed by atoms with E-state index in [1.165, 1.54) is 4.88 Å². The summed E-state index contributed by atoms with van der Waals surface area (Å²) in [6.45, 7) is 4.94. The highest BCUT2D eigenvalue weighted by atomic mass is 32.1. The summed E-state index contributed by atoms with van der Waals surface area (Å²) in [6, 6.07) is 4.11. The fourth-order valence-corrected chi connectivity index (χ4v) is 3.77. The van der Waals surface area contributed by atoms with Crippen molar-refractivity contribution in [2.45, 2.75) is 44.8 Å². The van der Waals surface area contributed by atoms with Crippen molar-refractivity contribution in [1.29, 1.82) is 0 Å². The maximum atomic E-state index is 12.4. The number of hydrogen-bond donors (Lipinski definition) is 1. The van der Waals surface area contributed by atoms with Crippen molar-refractivity contribution in [3.8, 4) is 0 Å². The second-order valence-corrected chi connectivity index (χ2v) is 7.46. The summed E-state index contributed by atoms with van der Waals surface area (Å²) in [7, 11) is 1.97. The summed E-state index contributed by atoms with van der Waals surface area (Å²) < 4.78 is 7.82. The topological polar surface area (TPSA) is 56.1 Å². The van der Waals surface area contributed by atoms with Gasteiger partial charge in [-0.25, -0.2) is 4.98 Å². The molecule has 3 rings (SSSR count). The number of aryl methyl sites for hydroxylation is 1. The van der Waals surface area contributed by atoms with Gasteiger partial charge in [-0.15, -0.1) is 11.3 Å². The van der Waals surface area contributed by atoms with E-state index in [9.17, 15) is 4.79 Å². The van der Waals surface area contributed by atoms with Crippen LogP contribution in [0.25, 0.3) is 0 Å². The normalized spacial score (nSPS) is 21.6. The molecule has 6 heteroatoms. The third-order valence-corrected chi connectivity index (χ3v) is 5.61. The fraction of sp³-hybridized carbons (Fsp3) is 0.529. The lowest BCUT2D eigenvalue weighted by Crippen LogP contribution is -2.39. The van der Waals surface area contributed by atoms with Crippen LogP contribution in [0.1, 0.15) is 59.0 Å². The Bertz CT molecular complexity index is 677. The van der Waals surface area contributed by atoms with Gasteiger partial charge in [0.25, 0.3) is 5.91 Å². The number of nitrogens with zero attached hydrogens (tertiary/aromatic N) is 2. The van der Waals surface area contributed by atoms with Crippen LogP contribution in [0.3, 0.4) is 0 Å². The Kier molecular flexibility index (Phi) is 4.82. The lowest BCUT2D eigenvalue weighted by Gasteiger charge is -2.30. The van der Waals surface area contributed by atoms with Crippen LogP contribution >= 0.6 is 11.3 Å². The summed E-state index contributed by atoms with van der Waals surface area (Å²) in [4.78, 5) is 18.6. The predicted octanol–water partition coefficient (Wildman–Crippen LogP) is 3.26. The third-order valence-electron chi connectivity index (χ3n) is 4.22. The van der Waals surface area contributed by atoms with Gasteiger partial charge in [0.05, 0.1) is 23.1 Å². The molecule has 5 nitrogen and oxygen atoms in total. The molecule has 1 saturated heterocycles. The summed E-state index contributed by atoms with van der Waals surface area (Å²) in [5.74, 6) is 0.483. The van der Waals surface area contributed by atoms with Crippen LogP contribution in [0.5, 0.6) is 0 Å². The van der Waals surface area contributed by atoms with Crippen LogP contribution in [0.2, 0.25) is 0 Å². The van der Waals surface area contributed by atoms with E-state index in [0.717, 1.165) is 23.4 Å². The predicted molar refractivity (Wildman–Crippen MR) is 90.8 cm³/mol. The Morgan fingerprint density at radius 1 is 1.48 bits per heavy atom. The van der Waals surface area contributed by atoms with E-state index in [4.69, 9.17) is 4.74 Å². The molecule has 3 heterocycles. The Labute approximate surface area is 140 Å². The molecule has 2 aromatic rings. The van der Waals surface area contributed by atoms with Gasteiger partial charge in [0.1, 0.15) is 6.10 Å². The van der Waals surface area contributed by atoms with Crippen molar-refractivity contribution >= 4 is 17.2 Å². The molecule has 0 aliphatic carbocycles. The van der Waals surface area contributed by atoms with Crippen LogP contribution < -0.4 is 5.32 Å². The standard InChI is InChI=1S/C17H23N3O2S/c1-11(2)15-4-5-16(23-15)17(21)19-12-6-7-22-14(8-12)13-9-18-10-20(13)3/h4-5,9-12,14H,6-8H2,1-3H3,(H,19,21)/t12-,14+/m0/s1. The van der Waals surface area contributed by atoms with Crippen LogP contribution in [0, 0.1) is 0 Å². The second kappa shape index (κ2) is 6.84. The molecule has 0 bridgehead atoms. The highest BCUT2D eigenvalue weighted by molar-refractivity contribution is 7.14. The van der Waals surface area contributed by atoms with Gasteiger partial charge >= 0.3 is 0 Å². The molecule has 0 unspecified atom stereocenters. The van der Waals surface area contributed by atoms with Crippen molar-refractivity contribution in [3.63, 3.8) is 0 Å². The molecule has 2 atom stereocenters. The van der Waals surface area contributed by atoms with Gasteiger partial charge in [-0.2, -0.15) is 0 Å². The molecule has 0 radical (unpaired) electrons. The number of carbonyl (C=O) groups excluding carboxylic acids is 1. The molecule has 1 aliphatic rings. The van der Waals surface area contributed by atoms with Gasteiger partial charge in [-0.1, -0.05) is 13.8 Å². The molecule has 1 fully saturated rings. The highest BCUT2D eigenvalue weighted by Gasteiger charge is 2.27. The second-order valence-electron chi connectivity index (χ2n) is 6.34. The lowest BCUT2D eigenvalue weighted by atomic mass is 10.0. The zero-order valence-corrected chi connectivity index (χ0v) is 14.6. The van der Waals surface area contributed by atoms with Crippen molar-refractivity contribution in [2.24, 2.45) is 7.05 Å². The van der Waals surface area contributed by atoms with Crippen LogP contribution in [0.4, 0.5) is 0 Å². The van der Waals surface area contributed by atoms with Crippen LogP contribution in [-0.4, -0.2) is 28.1 Å². The van der Waals surface area contributed by atoms with Gasteiger partial charge in [0.2, 0.25) is 0 Å². The first kappa shape index (κ1) is 16.2. The molecule has 0 saturated carbocycles. The minimum atomic E-state index is -0.00360. The molecule has 0 spiro atoms. The molecule has 124 valence electrons. The number of nitrogens with one attached hydrogen (secondary N) is 1. The van der Waals surface area contributed by atoms with Crippen molar-refractivity contribution in [3.05, 3.63) is 40.1 Å². The SMILES string of the molecule is CC(C)c1ccc(C(=O)N[C@H]2CCO[C@@H](c3cncn3C)C2)s1. The van der Waals surface area contributed by atoms with E-state index < -0.39 is 0 Å². The number of aromatic nitrogens is 2. The minimum Gasteiger partial charge on any atom is -0.372 e. The molecule has 2 aromatic heterocycles. The first-order valence-electron chi connectivity index (χ1n) is 8.03. The minimum absolute atomic E-state index is 0.00360. The fourth-order valence-electron chi connectivity index (χ4n) is 2.85. The summed E-state index contributed by atoms with van der Waals surface area (Å²) in [5, 5.41) is 3.16. The molecule has 1 aliphatic heterocycles. The summed E-state index contributed by atoms with van der Waals surface area (Å²) >= 11 is 1.58. The highest BCUT2D eigenvalue weighted by Crippen LogP contribution is 2.28. The largest absolute Gasteiger partial charge is 0.372 e. The number of carbonyl (C=O) groups is 1.